The molecule has 1 aromatic heterocycles. The average Bonchev–Trinajstić information content (AvgIpc) is 2.89. The van der Waals surface area contributed by atoms with Crippen LogP contribution in [0.15, 0.2) is 36.8 Å². The van der Waals surface area contributed by atoms with Gasteiger partial charge in [-0.05, 0) is 18.6 Å². The predicted molar refractivity (Wildman–Crippen MR) is 84.5 cm³/mol. The summed E-state index contributed by atoms with van der Waals surface area (Å²) in [6.45, 7) is 0.342. The topological polar surface area (TPSA) is 67.4 Å². The fraction of sp³-hybridized carbons (Fsp3) is 0.267. The number of benzene rings is 1. The van der Waals surface area contributed by atoms with Crippen LogP contribution in [0.3, 0.4) is 0 Å². The quantitative estimate of drug-likeness (QED) is 0.892. The molecule has 0 saturated carbocycles. The third-order valence-electron chi connectivity index (χ3n) is 3.55. The number of alkyl halides is 3. The van der Waals surface area contributed by atoms with Crippen molar-refractivity contribution in [1.82, 2.24) is 9.97 Å². The van der Waals surface area contributed by atoms with Crippen LogP contribution in [0.1, 0.15) is 6.42 Å². The Morgan fingerprint density at radius 2 is 2.16 bits per heavy atom. The number of ether oxygens (including phenoxy) is 1. The molecule has 1 atom stereocenters. The first-order valence-corrected chi connectivity index (χ1v) is 7.60. The molecule has 1 amide bonds. The molecular weight excluding hydrogens is 361 g/mol. The number of rotatable bonds is 4. The molecule has 0 aliphatic carbocycles. The zero-order valence-electron chi connectivity index (χ0n) is 12.6. The van der Waals surface area contributed by atoms with Gasteiger partial charge in [-0.3, -0.25) is 4.79 Å². The Morgan fingerprint density at radius 1 is 1.36 bits per heavy atom. The van der Waals surface area contributed by atoms with E-state index in [9.17, 15) is 18.0 Å². The molecule has 2 aromatic rings. The van der Waals surface area contributed by atoms with E-state index in [0.29, 0.717) is 24.5 Å². The van der Waals surface area contributed by atoms with E-state index in [4.69, 9.17) is 11.6 Å². The highest BCUT2D eigenvalue weighted by molar-refractivity contribution is 6.32. The highest BCUT2D eigenvalue weighted by atomic mass is 35.5. The maximum absolute atomic E-state index is 12.5. The number of hydrogen-bond donors (Lipinski definition) is 1. The van der Waals surface area contributed by atoms with Crippen LogP contribution in [-0.2, 0) is 4.79 Å². The Bertz CT molecular complexity index is 787. The van der Waals surface area contributed by atoms with Gasteiger partial charge < -0.3 is 15.0 Å². The Balaban J connectivity index is 1.74. The molecule has 0 spiro atoms. The highest BCUT2D eigenvalue weighted by Crippen LogP contribution is 2.30. The van der Waals surface area contributed by atoms with E-state index in [2.05, 4.69) is 20.0 Å². The van der Waals surface area contributed by atoms with Gasteiger partial charge in [0.05, 0.1) is 6.20 Å². The Morgan fingerprint density at radius 3 is 2.88 bits per heavy atom. The number of amides is 1. The minimum absolute atomic E-state index is 0.273. The number of halogens is 4. The molecular formula is C15H12ClF3N4O2. The van der Waals surface area contributed by atoms with E-state index >= 15 is 0 Å². The third kappa shape index (κ3) is 4.11. The average molecular weight is 373 g/mol. The van der Waals surface area contributed by atoms with Gasteiger partial charge in [0.15, 0.2) is 0 Å². The summed E-state index contributed by atoms with van der Waals surface area (Å²) >= 11 is 5.95. The summed E-state index contributed by atoms with van der Waals surface area (Å²) in [6.07, 6.45) is -1.65. The number of hydrogen-bond acceptors (Lipinski definition) is 5. The summed E-state index contributed by atoms with van der Waals surface area (Å²) < 4.78 is 40.9. The first-order valence-electron chi connectivity index (χ1n) is 7.23. The largest absolute Gasteiger partial charge is 0.573 e. The molecule has 0 bridgehead atoms. The minimum atomic E-state index is -4.79. The van der Waals surface area contributed by atoms with Gasteiger partial charge in [-0.15, -0.1) is 13.2 Å². The maximum atomic E-state index is 12.5. The zero-order chi connectivity index (χ0) is 18.0. The summed E-state index contributed by atoms with van der Waals surface area (Å²) in [4.78, 5) is 21.6. The second kappa shape index (κ2) is 6.75. The summed E-state index contributed by atoms with van der Waals surface area (Å²) in [5, 5.41) is 3.20. The summed E-state index contributed by atoms with van der Waals surface area (Å²) in [5.41, 5.74) is 0.324. The van der Waals surface area contributed by atoms with Gasteiger partial charge in [-0.2, -0.15) is 0 Å². The van der Waals surface area contributed by atoms with E-state index < -0.39 is 12.4 Å². The van der Waals surface area contributed by atoms with Crippen molar-refractivity contribution in [3.05, 3.63) is 41.8 Å². The molecule has 3 rings (SSSR count). The normalized spacial score (nSPS) is 17.7. The Labute approximate surface area is 145 Å². The van der Waals surface area contributed by atoms with Crippen molar-refractivity contribution in [3.8, 4) is 5.75 Å². The molecule has 132 valence electrons. The smallest absolute Gasteiger partial charge is 0.406 e. The molecule has 1 fully saturated rings. The number of carbonyl (C=O) groups excluding carboxylic acids is 1. The van der Waals surface area contributed by atoms with Crippen LogP contribution in [-0.4, -0.2) is 34.8 Å². The second-order valence-corrected chi connectivity index (χ2v) is 5.65. The summed E-state index contributed by atoms with van der Waals surface area (Å²) in [7, 11) is 0. The van der Waals surface area contributed by atoms with Crippen molar-refractivity contribution in [3.63, 3.8) is 0 Å². The van der Waals surface area contributed by atoms with Crippen molar-refractivity contribution in [1.29, 1.82) is 0 Å². The number of nitrogens with one attached hydrogen (secondary N) is 1. The van der Waals surface area contributed by atoms with Crippen molar-refractivity contribution in [2.45, 2.75) is 18.8 Å². The molecule has 1 saturated heterocycles. The van der Waals surface area contributed by atoms with Gasteiger partial charge >= 0.3 is 6.36 Å². The van der Waals surface area contributed by atoms with Gasteiger partial charge in [-0.1, -0.05) is 17.7 Å². The molecule has 1 aromatic carbocycles. The van der Waals surface area contributed by atoms with Crippen LogP contribution in [0.25, 0.3) is 0 Å². The number of carbonyl (C=O) groups is 1. The molecule has 25 heavy (non-hydrogen) atoms. The van der Waals surface area contributed by atoms with Crippen LogP contribution in [0.2, 0.25) is 5.02 Å². The van der Waals surface area contributed by atoms with Crippen LogP contribution in [0.5, 0.6) is 5.75 Å². The fourth-order valence-electron chi connectivity index (χ4n) is 2.50. The van der Waals surface area contributed by atoms with Gasteiger partial charge in [0, 0.05) is 18.3 Å². The second-order valence-electron chi connectivity index (χ2n) is 5.24. The SMILES string of the molecule is O=C1C(Nc2ncncc2Cl)CCN1c1cccc(OC(F)(F)F)c1. The minimum Gasteiger partial charge on any atom is -0.406 e. The molecule has 1 aliphatic rings. The van der Waals surface area contributed by atoms with Crippen LogP contribution in [0, 0.1) is 0 Å². The van der Waals surface area contributed by atoms with Gasteiger partial charge in [0.25, 0.3) is 0 Å². The zero-order valence-corrected chi connectivity index (χ0v) is 13.4. The lowest BCUT2D eigenvalue weighted by molar-refractivity contribution is -0.274. The van der Waals surface area contributed by atoms with Crippen LogP contribution >= 0.6 is 11.6 Å². The molecule has 1 unspecified atom stereocenters. The standard InChI is InChI=1S/C15H12ClF3N4O2/c16-11-7-20-8-21-13(11)22-12-4-5-23(14(12)24)9-2-1-3-10(6-9)25-15(17,18)19/h1-3,6-8,12H,4-5H2,(H,20,21,22). The molecule has 6 nitrogen and oxygen atoms in total. The molecule has 10 heteroatoms. The van der Waals surface area contributed by atoms with E-state index in [1.807, 2.05) is 0 Å². The van der Waals surface area contributed by atoms with Crippen molar-refractivity contribution < 1.29 is 22.7 Å². The van der Waals surface area contributed by atoms with E-state index in [1.165, 1.54) is 35.6 Å². The molecule has 0 radical (unpaired) electrons. The lowest BCUT2D eigenvalue weighted by Crippen LogP contribution is -2.33. The Kier molecular flexibility index (Phi) is 4.67. The van der Waals surface area contributed by atoms with E-state index in [-0.39, 0.29) is 16.7 Å². The lowest BCUT2D eigenvalue weighted by atomic mass is 10.2. The monoisotopic (exact) mass is 372 g/mol. The summed E-state index contributed by atoms with van der Waals surface area (Å²) in [5.74, 6) is -0.349. The van der Waals surface area contributed by atoms with E-state index in [0.717, 1.165) is 0 Å². The maximum Gasteiger partial charge on any atom is 0.573 e. The molecule has 1 N–H and O–H groups in total. The number of nitrogens with zero attached hydrogens (tertiary/aromatic N) is 3. The number of anilines is 2. The van der Waals surface area contributed by atoms with E-state index in [1.54, 1.807) is 6.07 Å². The van der Waals surface area contributed by atoms with Crippen molar-refractivity contribution in [2.24, 2.45) is 0 Å². The number of aromatic nitrogens is 2. The predicted octanol–water partition coefficient (Wildman–Crippen LogP) is 3.25. The Hall–Kier alpha value is -2.55. The molecule has 1 aliphatic heterocycles. The van der Waals surface area contributed by atoms with Gasteiger partial charge in [-0.25, -0.2) is 9.97 Å². The van der Waals surface area contributed by atoms with Gasteiger partial charge in [0.1, 0.15) is 29.0 Å². The third-order valence-corrected chi connectivity index (χ3v) is 3.82. The molecule has 2 heterocycles. The fourth-order valence-corrected chi connectivity index (χ4v) is 2.66. The highest BCUT2D eigenvalue weighted by Gasteiger charge is 2.34. The first kappa shape index (κ1) is 17.3. The van der Waals surface area contributed by atoms with Crippen LogP contribution < -0.4 is 15.0 Å². The van der Waals surface area contributed by atoms with Crippen molar-refractivity contribution in [2.75, 3.05) is 16.8 Å². The van der Waals surface area contributed by atoms with Crippen LogP contribution in [0.4, 0.5) is 24.7 Å². The summed E-state index contributed by atoms with van der Waals surface area (Å²) in [6, 6.07) is 4.70. The van der Waals surface area contributed by atoms with Crippen molar-refractivity contribution >= 4 is 29.0 Å². The van der Waals surface area contributed by atoms with Gasteiger partial charge in [0.2, 0.25) is 5.91 Å². The lowest BCUT2D eigenvalue weighted by Gasteiger charge is -2.19. The first-order chi connectivity index (χ1) is 11.8.